The fourth-order valence-electron chi connectivity index (χ4n) is 3.37. The number of aromatic nitrogens is 2. The first kappa shape index (κ1) is 28.4. The van der Waals surface area contributed by atoms with Gasteiger partial charge in [0.15, 0.2) is 0 Å². The van der Waals surface area contributed by atoms with Crippen LogP contribution in [0, 0.1) is 12.1 Å². The Morgan fingerprint density at radius 2 is 1.32 bits per heavy atom. The van der Waals surface area contributed by atoms with E-state index in [0.717, 1.165) is 29.0 Å². The zero-order valence-corrected chi connectivity index (χ0v) is 20.7. The second-order valence-corrected chi connectivity index (χ2v) is 7.68. The summed E-state index contributed by atoms with van der Waals surface area (Å²) in [5.74, 6) is -23.6. The van der Waals surface area contributed by atoms with E-state index in [2.05, 4.69) is 28.2 Å². The monoisotopic (exact) mass is 699 g/mol. The molecule has 0 bridgehead atoms. The van der Waals surface area contributed by atoms with Gasteiger partial charge in [0.25, 0.3) is 5.92 Å². The summed E-state index contributed by atoms with van der Waals surface area (Å²) in [6.45, 7) is 0. The quantitative estimate of drug-likeness (QED) is 0.160. The molecule has 0 aliphatic heterocycles. The van der Waals surface area contributed by atoms with Crippen molar-refractivity contribution in [2.75, 3.05) is 0 Å². The summed E-state index contributed by atoms with van der Waals surface area (Å²) >= 11 is 0. The normalized spacial score (nSPS) is 18.5. The molecule has 2 heterocycles. The van der Waals surface area contributed by atoms with E-state index in [1.54, 1.807) is 0 Å². The molecule has 2 aromatic heterocycles. The minimum absolute atomic E-state index is 0. The van der Waals surface area contributed by atoms with Crippen molar-refractivity contribution in [2.45, 2.75) is 23.7 Å². The van der Waals surface area contributed by atoms with Gasteiger partial charge < -0.3 is 4.98 Å². The van der Waals surface area contributed by atoms with Crippen LogP contribution in [-0.4, -0.2) is 33.7 Å². The number of para-hydroxylation sites is 1. The van der Waals surface area contributed by atoms with E-state index < -0.39 is 35.0 Å². The summed E-state index contributed by atoms with van der Waals surface area (Å²) in [5, 5.41) is 1.17. The maximum absolute atomic E-state index is 13.5. The average Bonchev–Trinajstić information content (AvgIpc) is 2.87. The zero-order chi connectivity index (χ0) is 26.2. The number of alkyl halides is 8. The van der Waals surface area contributed by atoms with Gasteiger partial charge in [-0.1, -0.05) is 42.1 Å². The van der Waals surface area contributed by atoms with E-state index >= 15 is 0 Å². The van der Waals surface area contributed by atoms with Crippen LogP contribution >= 0.6 is 0 Å². The molecule has 0 saturated heterocycles. The van der Waals surface area contributed by atoms with E-state index in [4.69, 9.17) is 0 Å². The van der Waals surface area contributed by atoms with Gasteiger partial charge in [0, 0.05) is 26.3 Å². The molecule has 0 N–H and O–H groups in total. The molecule has 195 valence electrons. The van der Waals surface area contributed by atoms with Crippen molar-refractivity contribution in [1.29, 1.82) is 0 Å². The van der Waals surface area contributed by atoms with Crippen molar-refractivity contribution in [3.05, 3.63) is 103 Å². The molecule has 0 unspecified atom stereocenters. The first-order chi connectivity index (χ1) is 16.9. The van der Waals surface area contributed by atoms with Gasteiger partial charge in [-0.2, -0.15) is 32.4 Å². The third kappa shape index (κ3) is 5.02. The molecule has 0 amide bonds. The second-order valence-electron chi connectivity index (χ2n) is 7.68. The molecule has 2 nitrogen and oxygen atoms in total. The molecule has 0 saturated carbocycles. The second kappa shape index (κ2) is 10.3. The molecular formula is C26H14F8IrN2-2. The molecule has 11 heteroatoms. The molecule has 0 fully saturated rings. The third-order valence-corrected chi connectivity index (χ3v) is 5.28. The van der Waals surface area contributed by atoms with Crippen LogP contribution in [-0.2, 0) is 20.1 Å². The number of hydrogen-bond acceptors (Lipinski definition) is 2. The Morgan fingerprint density at radius 3 is 1.97 bits per heavy atom. The van der Waals surface area contributed by atoms with Crippen LogP contribution in [0.4, 0.5) is 35.1 Å². The summed E-state index contributed by atoms with van der Waals surface area (Å²) in [7, 11) is 0. The molecule has 0 atom stereocenters. The van der Waals surface area contributed by atoms with Gasteiger partial charge in [0.2, 0.25) is 0 Å². The average molecular weight is 699 g/mol. The Bertz CT molecular complexity index is 1390. The van der Waals surface area contributed by atoms with Crippen molar-refractivity contribution in [3.8, 4) is 11.3 Å². The van der Waals surface area contributed by atoms with Crippen LogP contribution in [0.3, 0.4) is 0 Å². The topological polar surface area (TPSA) is 25.8 Å². The van der Waals surface area contributed by atoms with Crippen molar-refractivity contribution in [1.82, 2.24) is 9.97 Å². The Balaban J connectivity index is 0.000000204. The van der Waals surface area contributed by atoms with Crippen LogP contribution in [0.5, 0.6) is 0 Å². The van der Waals surface area contributed by atoms with Gasteiger partial charge in [-0.15, -0.1) is 47.5 Å². The summed E-state index contributed by atoms with van der Waals surface area (Å²) < 4.78 is 105. The Morgan fingerprint density at radius 1 is 0.649 bits per heavy atom. The number of rotatable bonds is 2. The van der Waals surface area contributed by atoms with Crippen molar-refractivity contribution < 1.29 is 55.2 Å². The van der Waals surface area contributed by atoms with Crippen LogP contribution in [0.2, 0.25) is 0 Å². The van der Waals surface area contributed by atoms with Crippen LogP contribution in [0.15, 0.2) is 85.1 Å². The largest absolute Gasteiger partial charge is 0.378 e. The summed E-state index contributed by atoms with van der Waals surface area (Å²) in [5.41, 5.74) is -0.00354. The Kier molecular flexibility index (Phi) is 7.91. The molecule has 2 aromatic carbocycles. The van der Waals surface area contributed by atoms with Gasteiger partial charge >= 0.3 is 17.8 Å². The number of halogens is 8. The zero-order valence-electron chi connectivity index (χ0n) is 18.3. The summed E-state index contributed by atoms with van der Waals surface area (Å²) in [6, 6.07) is 26.3. The van der Waals surface area contributed by atoms with Gasteiger partial charge in [-0.05, 0) is 23.2 Å². The molecular weight excluding hydrogens is 685 g/mol. The van der Waals surface area contributed by atoms with Gasteiger partial charge in [0.05, 0.1) is 5.52 Å². The molecule has 1 aliphatic rings. The van der Waals surface area contributed by atoms with Crippen molar-refractivity contribution in [3.63, 3.8) is 0 Å². The van der Waals surface area contributed by atoms with E-state index in [9.17, 15) is 35.1 Å². The van der Waals surface area contributed by atoms with E-state index in [0.29, 0.717) is 12.1 Å². The van der Waals surface area contributed by atoms with Crippen LogP contribution in [0.1, 0.15) is 5.69 Å². The summed E-state index contributed by atoms with van der Waals surface area (Å²) in [4.78, 5) is 7.80. The standard InChI is InChI=1S/C15H10N.C11H4F8N.Ir/c1-2-6-12(7-3-1)15-11-10-13-8-4-5-9-14(13)16-15;12-8(13)5-6(7-3-1-2-4-20-7)9(14,15)11(18,19)10(8,16)17;/h1-6,8-11H;1-4H;/q2*-1;. The SMILES string of the molecule is FC1(F)[C-]=C(c2ccccn2)C(F)(F)C(F)(F)C1(F)F.[Ir].[c-]1ccccc1-c1ccc2ccccc2n1. The molecule has 4 aromatic rings. The number of benzene rings is 2. The van der Waals surface area contributed by atoms with E-state index in [1.807, 2.05) is 48.5 Å². The number of fused-ring (bicyclic) bond motifs is 1. The number of allylic oxidation sites excluding steroid dienone is 2. The maximum atomic E-state index is 13.5. The molecule has 1 radical (unpaired) electrons. The summed E-state index contributed by atoms with van der Waals surface area (Å²) in [6.07, 6.45) is 1.35. The Hall–Kier alpha value is -3.17. The minimum atomic E-state index is -6.28. The maximum Gasteiger partial charge on any atom is 0.378 e. The first-order valence-corrected chi connectivity index (χ1v) is 10.3. The fraction of sp³-hybridized carbons (Fsp3) is 0.154. The van der Waals surface area contributed by atoms with Gasteiger partial charge in [0.1, 0.15) is 0 Å². The molecule has 5 rings (SSSR count). The van der Waals surface area contributed by atoms with E-state index in [1.165, 1.54) is 11.5 Å². The molecule has 1 aliphatic carbocycles. The van der Waals surface area contributed by atoms with Gasteiger partial charge in [-0.25, -0.2) is 8.78 Å². The fourth-order valence-corrected chi connectivity index (χ4v) is 3.37. The van der Waals surface area contributed by atoms with Crippen LogP contribution in [0.25, 0.3) is 27.7 Å². The predicted molar refractivity (Wildman–Crippen MR) is 117 cm³/mol. The number of pyridine rings is 2. The van der Waals surface area contributed by atoms with Crippen molar-refractivity contribution >= 4 is 16.5 Å². The number of hydrogen-bond donors (Lipinski definition) is 0. The smallest absolute Gasteiger partial charge is 0.351 e. The van der Waals surface area contributed by atoms with E-state index in [-0.39, 0.29) is 20.1 Å². The van der Waals surface area contributed by atoms with Gasteiger partial charge in [-0.3, -0.25) is 4.98 Å². The minimum Gasteiger partial charge on any atom is -0.351 e. The first-order valence-electron chi connectivity index (χ1n) is 10.3. The molecule has 0 spiro atoms. The van der Waals surface area contributed by atoms with Crippen LogP contribution < -0.4 is 0 Å². The molecule has 37 heavy (non-hydrogen) atoms. The third-order valence-electron chi connectivity index (χ3n) is 5.28. The number of nitrogens with zero attached hydrogens (tertiary/aromatic N) is 2. The predicted octanol–water partition coefficient (Wildman–Crippen LogP) is 7.52. The Labute approximate surface area is 219 Å². The van der Waals surface area contributed by atoms with Crippen molar-refractivity contribution in [2.24, 2.45) is 0 Å².